The summed E-state index contributed by atoms with van der Waals surface area (Å²) in [5.41, 5.74) is -0.948. The Morgan fingerprint density at radius 3 is 2.78 bits per heavy atom. The van der Waals surface area contributed by atoms with E-state index in [-0.39, 0.29) is 11.9 Å². The van der Waals surface area contributed by atoms with Crippen molar-refractivity contribution in [3.05, 3.63) is 0 Å². The van der Waals surface area contributed by atoms with Crippen molar-refractivity contribution in [3.63, 3.8) is 0 Å². The van der Waals surface area contributed by atoms with Crippen LogP contribution >= 0.6 is 0 Å². The minimum atomic E-state index is -0.948. The topological polar surface area (TPSA) is 69.6 Å². The predicted molar refractivity (Wildman–Crippen MR) is 67.2 cm³/mol. The van der Waals surface area contributed by atoms with E-state index in [1.54, 1.807) is 4.90 Å². The molecule has 2 atom stereocenters. The van der Waals surface area contributed by atoms with Crippen LogP contribution in [0, 0.1) is 0 Å². The fourth-order valence-electron chi connectivity index (χ4n) is 3.29. The number of likely N-dealkylation sites (tertiary alicyclic amines) is 1. The maximum absolute atomic E-state index is 12.4. The number of rotatable bonds is 4. The Morgan fingerprint density at radius 1 is 1.44 bits per heavy atom. The summed E-state index contributed by atoms with van der Waals surface area (Å²) >= 11 is 0. The summed E-state index contributed by atoms with van der Waals surface area (Å²) < 4.78 is 0. The first-order chi connectivity index (χ1) is 8.62. The lowest BCUT2D eigenvalue weighted by Gasteiger charge is -2.36. The van der Waals surface area contributed by atoms with Crippen molar-refractivity contribution in [2.24, 2.45) is 0 Å². The van der Waals surface area contributed by atoms with Crippen LogP contribution in [0.4, 0.5) is 0 Å². The van der Waals surface area contributed by atoms with E-state index in [0.717, 1.165) is 32.2 Å². The highest BCUT2D eigenvalue weighted by Gasteiger charge is 2.50. The van der Waals surface area contributed by atoms with Gasteiger partial charge < -0.3 is 15.3 Å². The van der Waals surface area contributed by atoms with Crippen molar-refractivity contribution in [1.82, 2.24) is 10.2 Å². The number of carboxylic acid groups (broad SMARTS) is 1. The van der Waals surface area contributed by atoms with Crippen LogP contribution in [-0.4, -0.2) is 46.6 Å². The van der Waals surface area contributed by atoms with E-state index in [9.17, 15) is 14.7 Å². The molecule has 0 spiro atoms. The largest absolute Gasteiger partial charge is 0.479 e. The molecular weight excluding hydrogens is 232 g/mol. The molecule has 2 heterocycles. The lowest BCUT2D eigenvalue weighted by atomic mass is 9.90. The molecule has 5 nitrogen and oxygen atoms in total. The second-order valence-electron chi connectivity index (χ2n) is 5.33. The number of nitrogens with one attached hydrogen (secondary N) is 1. The molecule has 0 aromatic carbocycles. The summed E-state index contributed by atoms with van der Waals surface area (Å²) in [6.45, 7) is 3.42. The minimum absolute atomic E-state index is 0.0131. The second-order valence-corrected chi connectivity index (χ2v) is 5.33. The molecule has 2 saturated heterocycles. The van der Waals surface area contributed by atoms with Gasteiger partial charge in [-0.2, -0.15) is 0 Å². The number of carbonyl (C=O) groups excluding carboxylic acids is 1. The summed E-state index contributed by atoms with van der Waals surface area (Å²) in [5.74, 6) is -0.853. The van der Waals surface area contributed by atoms with Gasteiger partial charge in [-0.25, -0.2) is 4.79 Å². The first-order valence-electron chi connectivity index (χ1n) is 6.90. The molecule has 0 bridgehead atoms. The van der Waals surface area contributed by atoms with E-state index in [0.29, 0.717) is 19.4 Å². The van der Waals surface area contributed by atoms with Crippen LogP contribution in [0.5, 0.6) is 0 Å². The molecule has 2 aliphatic heterocycles. The third-order valence-corrected chi connectivity index (χ3v) is 4.17. The molecule has 18 heavy (non-hydrogen) atoms. The molecule has 0 aromatic heterocycles. The Morgan fingerprint density at radius 2 is 2.22 bits per heavy atom. The monoisotopic (exact) mass is 254 g/mol. The average Bonchev–Trinajstić information content (AvgIpc) is 2.98. The van der Waals surface area contributed by atoms with Gasteiger partial charge in [0.15, 0.2) is 0 Å². The molecule has 2 rings (SSSR count). The third kappa shape index (κ3) is 2.11. The molecule has 1 amide bonds. The summed E-state index contributed by atoms with van der Waals surface area (Å²) in [7, 11) is 0. The Kier molecular flexibility index (Phi) is 3.90. The molecule has 0 radical (unpaired) electrons. The van der Waals surface area contributed by atoms with Crippen molar-refractivity contribution < 1.29 is 14.7 Å². The smallest absolute Gasteiger partial charge is 0.329 e. The summed E-state index contributed by atoms with van der Waals surface area (Å²) in [6.07, 6.45) is 4.56. The maximum atomic E-state index is 12.4. The number of nitrogens with zero attached hydrogens (tertiary/aromatic N) is 1. The van der Waals surface area contributed by atoms with Crippen molar-refractivity contribution >= 4 is 11.9 Å². The first kappa shape index (κ1) is 13.3. The zero-order valence-electron chi connectivity index (χ0n) is 10.9. The normalized spacial score (nSPS) is 31.8. The highest BCUT2D eigenvalue weighted by atomic mass is 16.4. The maximum Gasteiger partial charge on any atom is 0.329 e. The molecule has 102 valence electrons. The first-order valence-corrected chi connectivity index (χ1v) is 6.90. The highest BCUT2D eigenvalue weighted by molar-refractivity contribution is 5.90. The predicted octanol–water partition coefficient (Wildman–Crippen LogP) is 0.984. The molecule has 2 N–H and O–H groups in total. The Bertz CT molecular complexity index is 339. The van der Waals surface area contributed by atoms with Gasteiger partial charge >= 0.3 is 5.97 Å². The number of carboxylic acids is 1. The van der Waals surface area contributed by atoms with Crippen molar-refractivity contribution in [3.8, 4) is 0 Å². The quantitative estimate of drug-likeness (QED) is 0.785. The zero-order chi connectivity index (χ0) is 13.2. The molecule has 2 aliphatic rings. The van der Waals surface area contributed by atoms with Gasteiger partial charge in [0.05, 0.1) is 6.04 Å². The SMILES string of the molecule is CCCC1(C(=O)O)CCCN1C(=O)[C@H]1CCCN1. The number of carbonyl (C=O) groups is 2. The van der Waals surface area contributed by atoms with Crippen LogP contribution in [0.1, 0.15) is 45.4 Å². The van der Waals surface area contributed by atoms with Gasteiger partial charge in [-0.1, -0.05) is 13.3 Å². The van der Waals surface area contributed by atoms with Gasteiger partial charge in [0.1, 0.15) is 5.54 Å². The van der Waals surface area contributed by atoms with Crippen molar-refractivity contribution in [2.75, 3.05) is 13.1 Å². The summed E-state index contributed by atoms with van der Waals surface area (Å²) in [6, 6.07) is -0.168. The van der Waals surface area contributed by atoms with Crippen LogP contribution in [0.2, 0.25) is 0 Å². The van der Waals surface area contributed by atoms with E-state index in [2.05, 4.69) is 5.32 Å². The molecule has 0 saturated carbocycles. The number of aliphatic carboxylic acids is 1. The van der Waals surface area contributed by atoms with E-state index in [1.807, 2.05) is 6.92 Å². The number of hydrogen-bond donors (Lipinski definition) is 2. The minimum Gasteiger partial charge on any atom is -0.479 e. The van der Waals surface area contributed by atoms with E-state index in [4.69, 9.17) is 0 Å². The lowest BCUT2D eigenvalue weighted by molar-refractivity contribution is -0.157. The molecule has 5 heteroatoms. The Balaban J connectivity index is 2.18. The van der Waals surface area contributed by atoms with Crippen LogP contribution in [0.3, 0.4) is 0 Å². The molecule has 1 unspecified atom stereocenters. The Hall–Kier alpha value is -1.10. The lowest BCUT2D eigenvalue weighted by Crippen LogP contribution is -2.56. The van der Waals surface area contributed by atoms with Crippen LogP contribution in [-0.2, 0) is 9.59 Å². The van der Waals surface area contributed by atoms with Gasteiger partial charge in [0, 0.05) is 6.54 Å². The van der Waals surface area contributed by atoms with Gasteiger partial charge in [0.25, 0.3) is 0 Å². The van der Waals surface area contributed by atoms with Crippen molar-refractivity contribution in [2.45, 2.75) is 57.0 Å². The van der Waals surface area contributed by atoms with Crippen LogP contribution in [0.25, 0.3) is 0 Å². The standard InChI is InChI=1S/C13H22N2O3/c1-2-6-13(12(17)18)7-4-9-15(13)11(16)10-5-3-8-14-10/h10,14H,2-9H2,1H3,(H,17,18)/t10-,13?/m1/s1. The summed E-state index contributed by atoms with van der Waals surface area (Å²) in [5, 5.41) is 12.7. The van der Waals surface area contributed by atoms with E-state index < -0.39 is 11.5 Å². The number of hydrogen-bond acceptors (Lipinski definition) is 3. The van der Waals surface area contributed by atoms with Gasteiger partial charge in [-0.15, -0.1) is 0 Å². The van der Waals surface area contributed by atoms with E-state index >= 15 is 0 Å². The highest BCUT2D eigenvalue weighted by Crippen LogP contribution is 2.35. The third-order valence-electron chi connectivity index (χ3n) is 4.17. The Labute approximate surface area is 108 Å². The van der Waals surface area contributed by atoms with Gasteiger partial charge in [0.2, 0.25) is 5.91 Å². The molecule has 0 aromatic rings. The van der Waals surface area contributed by atoms with Gasteiger partial charge in [-0.3, -0.25) is 4.79 Å². The average molecular weight is 254 g/mol. The number of amides is 1. The van der Waals surface area contributed by atoms with Crippen LogP contribution < -0.4 is 5.32 Å². The molecule has 0 aliphatic carbocycles. The van der Waals surface area contributed by atoms with E-state index in [1.165, 1.54) is 0 Å². The van der Waals surface area contributed by atoms with Gasteiger partial charge in [-0.05, 0) is 38.6 Å². The van der Waals surface area contributed by atoms with Crippen LogP contribution in [0.15, 0.2) is 0 Å². The second kappa shape index (κ2) is 5.26. The molecular formula is C13H22N2O3. The van der Waals surface area contributed by atoms with Crippen molar-refractivity contribution in [1.29, 1.82) is 0 Å². The zero-order valence-corrected chi connectivity index (χ0v) is 10.9. The fourth-order valence-corrected chi connectivity index (χ4v) is 3.29. The molecule has 2 fully saturated rings. The summed E-state index contributed by atoms with van der Waals surface area (Å²) in [4.78, 5) is 25.7. The fraction of sp³-hybridized carbons (Fsp3) is 0.846.